The number of nitrogens with one attached hydrogen (secondary N) is 1. The second kappa shape index (κ2) is 10.4. The first-order valence-corrected chi connectivity index (χ1v) is 10.7. The molecule has 0 atom stereocenters. The molecule has 1 aliphatic heterocycles. The Morgan fingerprint density at radius 1 is 1.21 bits per heavy atom. The Balaban J connectivity index is 0.00000306. The molecule has 0 aliphatic carbocycles. The van der Waals surface area contributed by atoms with Crippen LogP contribution in [-0.2, 0) is 6.54 Å². The second-order valence-electron chi connectivity index (χ2n) is 7.86. The van der Waals surface area contributed by atoms with Gasteiger partial charge >= 0.3 is 0 Å². The number of fused-ring (bicyclic) bond motifs is 1. The van der Waals surface area contributed by atoms with Gasteiger partial charge in [0.15, 0.2) is 11.6 Å². The van der Waals surface area contributed by atoms with E-state index in [0.717, 1.165) is 16.3 Å². The van der Waals surface area contributed by atoms with Crippen LogP contribution in [0.3, 0.4) is 0 Å². The third-order valence-corrected chi connectivity index (χ3v) is 6.10. The van der Waals surface area contributed by atoms with E-state index < -0.39 is 12.3 Å². The Hall–Kier alpha value is -2.86. The lowest BCUT2D eigenvalue weighted by Gasteiger charge is -2.36. The standard InChI is InChI=1S/C23H23ClFN5O2.ClH/c1-32-20-5-3-16(11-19(20)24)13-27-21-18-10-15(12-26)2-4-17(18)22(29-28-21)30-8-6-23(25,14-31)7-9-30;/h2-5,10-11,31H,6-9,13-14H2,1H3,(H,27,28);1H. The van der Waals surface area contributed by atoms with Crippen LogP contribution in [0.25, 0.3) is 10.8 Å². The van der Waals surface area contributed by atoms with E-state index in [-0.39, 0.29) is 25.2 Å². The quantitative estimate of drug-likeness (QED) is 0.524. The number of aliphatic hydroxyl groups excluding tert-OH is 1. The van der Waals surface area contributed by atoms with Crippen molar-refractivity contribution in [1.82, 2.24) is 10.2 Å². The molecule has 10 heteroatoms. The van der Waals surface area contributed by atoms with Gasteiger partial charge < -0.3 is 20.1 Å². The number of anilines is 2. The number of methoxy groups -OCH3 is 1. The summed E-state index contributed by atoms with van der Waals surface area (Å²) in [5, 5.41) is 32.8. The fourth-order valence-electron chi connectivity index (χ4n) is 3.86. The largest absolute Gasteiger partial charge is 0.495 e. The van der Waals surface area contributed by atoms with E-state index >= 15 is 0 Å². The molecule has 7 nitrogen and oxygen atoms in total. The number of rotatable bonds is 6. The number of hydrogen-bond donors (Lipinski definition) is 2. The number of alkyl halides is 1. The number of aliphatic hydroxyl groups is 1. The molecule has 2 N–H and O–H groups in total. The van der Waals surface area contributed by atoms with Crippen LogP contribution in [0.2, 0.25) is 5.02 Å². The lowest BCUT2D eigenvalue weighted by molar-refractivity contribution is 0.0480. The minimum Gasteiger partial charge on any atom is -0.495 e. The number of nitriles is 1. The van der Waals surface area contributed by atoms with Crippen molar-refractivity contribution >= 4 is 46.4 Å². The number of halogens is 3. The number of nitrogens with zero attached hydrogens (tertiary/aromatic N) is 4. The van der Waals surface area contributed by atoms with Gasteiger partial charge in [-0.15, -0.1) is 22.6 Å². The summed E-state index contributed by atoms with van der Waals surface area (Å²) in [5.74, 6) is 1.78. The lowest BCUT2D eigenvalue weighted by atomic mass is 9.94. The molecule has 0 bridgehead atoms. The first-order chi connectivity index (χ1) is 15.5. The summed E-state index contributed by atoms with van der Waals surface area (Å²) < 4.78 is 19.6. The molecular formula is C23H24Cl2FN5O2. The van der Waals surface area contributed by atoms with Gasteiger partial charge in [-0.2, -0.15) is 5.26 Å². The number of aromatic nitrogens is 2. The van der Waals surface area contributed by atoms with Gasteiger partial charge in [-0.25, -0.2) is 4.39 Å². The minimum atomic E-state index is -1.55. The van der Waals surface area contributed by atoms with Crippen molar-refractivity contribution in [3.63, 3.8) is 0 Å². The van der Waals surface area contributed by atoms with Gasteiger partial charge in [0, 0.05) is 43.2 Å². The summed E-state index contributed by atoms with van der Waals surface area (Å²) in [7, 11) is 1.56. The van der Waals surface area contributed by atoms with Crippen molar-refractivity contribution in [2.45, 2.75) is 25.1 Å². The molecule has 2 aromatic carbocycles. The van der Waals surface area contributed by atoms with Gasteiger partial charge in [-0.3, -0.25) is 0 Å². The van der Waals surface area contributed by atoms with Gasteiger partial charge in [0.05, 0.1) is 30.4 Å². The highest BCUT2D eigenvalue weighted by molar-refractivity contribution is 6.32. The third-order valence-electron chi connectivity index (χ3n) is 5.81. The summed E-state index contributed by atoms with van der Waals surface area (Å²) in [6, 6.07) is 13.0. The second-order valence-corrected chi connectivity index (χ2v) is 8.27. The molecule has 4 rings (SSSR count). The fourth-order valence-corrected chi connectivity index (χ4v) is 4.14. The van der Waals surface area contributed by atoms with E-state index in [9.17, 15) is 14.8 Å². The van der Waals surface area contributed by atoms with Crippen LogP contribution in [0.4, 0.5) is 16.0 Å². The molecule has 0 radical (unpaired) electrons. The van der Waals surface area contributed by atoms with Crippen molar-refractivity contribution < 1.29 is 14.2 Å². The molecule has 1 saturated heterocycles. The smallest absolute Gasteiger partial charge is 0.159 e. The molecule has 1 aromatic heterocycles. The number of piperidine rings is 1. The van der Waals surface area contributed by atoms with Gasteiger partial charge in [0.2, 0.25) is 0 Å². The lowest BCUT2D eigenvalue weighted by Crippen LogP contribution is -2.44. The van der Waals surface area contributed by atoms with E-state index in [0.29, 0.717) is 47.6 Å². The average molecular weight is 492 g/mol. The number of ether oxygens (including phenoxy) is 1. The highest BCUT2D eigenvalue weighted by Gasteiger charge is 2.34. The summed E-state index contributed by atoms with van der Waals surface area (Å²) in [6.07, 6.45) is 0.447. The van der Waals surface area contributed by atoms with E-state index in [1.807, 2.05) is 23.1 Å². The first kappa shape index (κ1) is 24.8. The summed E-state index contributed by atoms with van der Waals surface area (Å²) in [6.45, 7) is 0.834. The fraction of sp³-hybridized carbons (Fsp3) is 0.348. The van der Waals surface area contributed by atoms with E-state index in [4.69, 9.17) is 16.3 Å². The van der Waals surface area contributed by atoms with E-state index in [1.165, 1.54) is 0 Å². The van der Waals surface area contributed by atoms with Gasteiger partial charge in [0.1, 0.15) is 11.4 Å². The van der Waals surface area contributed by atoms with Crippen LogP contribution < -0.4 is 15.0 Å². The van der Waals surface area contributed by atoms with E-state index in [1.54, 1.807) is 25.3 Å². The molecule has 3 aromatic rings. The maximum absolute atomic E-state index is 14.4. The zero-order chi connectivity index (χ0) is 22.7. The molecule has 174 valence electrons. The minimum absolute atomic E-state index is 0. The Morgan fingerprint density at radius 3 is 2.61 bits per heavy atom. The Bertz CT molecular complexity index is 1180. The molecule has 0 unspecified atom stereocenters. The molecule has 0 saturated carbocycles. The van der Waals surface area contributed by atoms with Gasteiger partial charge in [-0.05, 0) is 35.9 Å². The summed E-state index contributed by atoms with van der Waals surface area (Å²) >= 11 is 6.22. The maximum atomic E-state index is 14.4. The molecular weight excluding hydrogens is 468 g/mol. The monoisotopic (exact) mass is 491 g/mol. The molecule has 1 fully saturated rings. The topological polar surface area (TPSA) is 94.3 Å². The molecule has 0 spiro atoms. The number of hydrogen-bond acceptors (Lipinski definition) is 7. The van der Waals surface area contributed by atoms with Crippen LogP contribution in [0, 0.1) is 11.3 Å². The van der Waals surface area contributed by atoms with Crippen LogP contribution in [0.5, 0.6) is 5.75 Å². The van der Waals surface area contributed by atoms with Crippen molar-refractivity contribution in [1.29, 1.82) is 5.26 Å². The predicted molar refractivity (Wildman–Crippen MR) is 129 cm³/mol. The average Bonchev–Trinajstić information content (AvgIpc) is 2.83. The first-order valence-electron chi connectivity index (χ1n) is 10.3. The predicted octanol–water partition coefficient (Wildman–Crippen LogP) is 4.50. The van der Waals surface area contributed by atoms with Crippen molar-refractivity contribution in [3.8, 4) is 11.8 Å². The Morgan fingerprint density at radius 2 is 1.97 bits per heavy atom. The van der Waals surface area contributed by atoms with Crippen LogP contribution in [-0.4, -0.2) is 47.8 Å². The van der Waals surface area contributed by atoms with Crippen molar-refractivity contribution in [3.05, 3.63) is 52.5 Å². The van der Waals surface area contributed by atoms with Crippen LogP contribution in [0.1, 0.15) is 24.0 Å². The normalized spacial score (nSPS) is 14.9. The summed E-state index contributed by atoms with van der Waals surface area (Å²) in [5.41, 5.74) is -0.103. The SMILES string of the molecule is COc1ccc(CNc2nnc(N3CCC(F)(CO)CC3)c3ccc(C#N)cc23)cc1Cl.Cl. The zero-order valence-corrected chi connectivity index (χ0v) is 19.6. The molecule has 2 heterocycles. The molecule has 1 aliphatic rings. The van der Waals surface area contributed by atoms with Gasteiger partial charge in [-0.1, -0.05) is 17.7 Å². The zero-order valence-electron chi connectivity index (χ0n) is 18.0. The van der Waals surface area contributed by atoms with Crippen LogP contribution >= 0.6 is 24.0 Å². The van der Waals surface area contributed by atoms with Crippen molar-refractivity contribution in [2.75, 3.05) is 37.0 Å². The highest BCUT2D eigenvalue weighted by atomic mass is 35.5. The Labute approximate surface area is 202 Å². The number of benzene rings is 2. The highest BCUT2D eigenvalue weighted by Crippen LogP contribution is 2.34. The summed E-state index contributed by atoms with van der Waals surface area (Å²) in [4.78, 5) is 1.97. The van der Waals surface area contributed by atoms with Crippen molar-refractivity contribution in [2.24, 2.45) is 0 Å². The van der Waals surface area contributed by atoms with E-state index in [2.05, 4.69) is 21.6 Å². The third kappa shape index (κ3) is 5.22. The van der Waals surface area contributed by atoms with Gasteiger partial charge in [0.25, 0.3) is 0 Å². The maximum Gasteiger partial charge on any atom is 0.159 e. The molecule has 0 amide bonds. The Kier molecular flexibility index (Phi) is 7.80. The molecule has 33 heavy (non-hydrogen) atoms. The van der Waals surface area contributed by atoms with Crippen LogP contribution in [0.15, 0.2) is 36.4 Å².